The molecule has 162 valence electrons. The maximum atomic E-state index is 8.96. The third-order valence-corrected chi connectivity index (χ3v) is 7.54. The number of nitriles is 1. The standard InChI is InChI=1S/C23H30N6OSi/c1-31(2,3)12-11-30-17-28-10-8-21-22(25-16-26-23(21)28)19-14-27-29(15-19)20-6-4-5-18(13-20)7-9-24/h7-8,10,14-16,20H,4-6,11-13,17H2,1-3H3. The van der Waals surface area contributed by atoms with Gasteiger partial charge in [0, 0.05) is 44.1 Å². The third-order valence-electron chi connectivity index (χ3n) is 5.83. The number of aromatic nitrogens is 5. The molecule has 1 aliphatic rings. The molecule has 31 heavy (non-hydrogen) atoms. The molecule has 3 heterocycles. The lowest BCUT2D eigenvalue weighted by atomic mass is 9.90. The second-order valence-corrected chi connectivity index (χ2v) is 15.1. The molecule has 0 aliphatic heterocycles. The van der Waals surface area contributed by atoms with E-state index >= 15 is 0 Å². The summed E-state index contributed by atoms with van der Waals surface area (Å²) in [5.74, 6) is 0. The summed E-state index contributed by atoms with van der Waals surface area (Å²) in [5.41, 5.74) is 3.97. The summed E-state index contributed by atoms with van der Waals surface area (Å²) < 4.78 is 9.98. The molecule has 0 amide bonds. The summed E-state index contributed by atoms with van der Waals surface area (Å²) in [6.45, 7) is 8.35. The zero-order valence-electron chi connectivity index (χ0n) is 18.6. The lowest BCUT2D eigenvalue weighted by Gasteiger charge is -2.24. The number of rotatable bonds is 7. The van der Waals surface area contributed by atoms with Crippen LogP contribution in [-0.2, 0) is 11.5 Å². The fraction of sp³-hybridized carbons (Fsp3) is 0.478. The molecule has 3 aromatic rings. The van der Waals surface area contributed by atoms with Gasteiger partial charge in [0.25, 0.3) is 0 Å². The molecule has 0 radical (unpaired) electrons. The van der Waals surface area contributed by atoms with Crippen LogP contribution < -0.4 is 0 Å². The molecule has 0 bridgehead atoms. The number of fused-ring (bicyclic) bond motifs is 1. The number of ether oxygens (including phenoxy) is 1. The van der Waals surface area contributed by atoms with E-state index in [4.69, 9.17) is 10.00 Å². The van der Waals surface area contributed by atoms with E-state index < -0.39 is 8.07 Å². The van der Waals surface area contributed by atoms with E-state index in [1.165, 1.54) is 5.57 Å². The van der Waals surface area contributed by atoms with E-state index in [-0.39, 0.29) is 0 Å². The van der Waals surface area contributed by atoms with Crippen LogP contribution in [0, 0.1) is 11.3 Å². The van der Waals surface area contributed by atoms with Crippen molar-refractivity contribution in [3.05, 3.63) is 42.6 Å². The first kappa shape index (κ1) is 21.5. The molecule has 8 heteroatoms. The molecule has 1 unspecified atom stereocenters. The molecule has 1 saturated carbocycles. The van der Waals surface area contributed by atoms with Crippen LogP contribution in [0.5, 0.6) is 0 Å². The first-order valence-corrected chi connectivity index (χ1v) is 14.6. The third kappa shape index (κ3) is 5.11. The quantitative estimate of drug-likeness (QED) is 0.291. The Morgan fingerprint density at radius 3 is 3.00 bits per heavy atom. The van der Waals surface area contributed by atoms with Crippen molar-refractivity contribution in [1.29, 1.82) is 5.26 Å². The minimum absolute atomic E-state index is 0.295. The van der Waals surface area contributed by atoms with Gasteiger partial charge in [-0.15, -0.1) is 0 Å². The first-order valence-electron chi connectivity index (χ1n) is 10.9. The van der Waals surface area contributed by atoms with Gasteiger partial charge in [0.15, 0.2) is 0 Å². The van der Waals surface area contributed by atoms with Crippen molar-refractivity contribution < 1.29 is 4.74 Å². The van der Waals surface area contributed by atoms with Gasteiger partial charge < -0.3 is 9.30 Å². The van der Waals surface area contributed by atoms with Gasteiger partial charge in [-0.25, -0.2) is 9.97 Å². The fourth-order valence-corrected chi connectivity index (χ4v) is 4.82. The average Bonchev–Trinajstić information content (AvgIpc) is 3.39. The Bertz CT molecular complexity index is 1120. The Balaban J connectivity index is 1.51. The Hall–Kier alpha value is -2.76. The zero-order valence-corrected chi connectivity index (χ0v) is 19.6. The number of allylic oxidation sites excluding steroid dienone is 2. The minimum Gasteiger partial charge on any atom is -0.361 e. The topological polar surface area (TPSA) is 81.5 Å². The maximum Gasteiger partial charge on any atom is 0.145 e. The van der Waals surface area contributed by atoms with E-state index in [0.717, 1.165) is 60.6 Å². The Kier molecular flexibility index (Phi) is 6.34. The van der Waals surface area contributed by atoms with Gasteiger partial charge in [0.2, 0.25) is 0 Å². The van der Waals surface area contributed by atoms with E-state index in [9.17, 15) is 0 Å². The van der Waals surface area contributed by atoms with Crippen molar-refractivity contribution in [2.24, 2.45) is 0 Å². The van der Waals surface area contributed by atoms with Crippen LogP contribution in [0.25, 0.3) is 22.3 Å². The Morgan fingerprint density at radius 2 is 2.19 bits per heavy atom. The van der Waals surface area contributed by atoms with Crippen molar-refractivity contribution in [3.8, 4) is 17.3 Å². The lowest BCUT2D eigenvalue weighted by Crippen LogP contribution is -2.22. The molecule has 1 atom stereocenters. The van der Waals surface area contributed by atoms with Gasteiger partial charge in [-0.3, -0.25) is 4.68 Å². The second-order valence-electron chi connectivity index (χ2n) is 9.48. The molecule has 1 fully saturated rings. The van der Waals surface area contributed by atoms with Crippen LogP contribution in [0.3, 0.4) is 0 Å². The number of nitrogens with zero attached hydrogens (tertiary/aromatic N) is 6. The van der Waals surface area contributed by atoms with Crippen molar-refractivity contribution in [1.82, 2.24) is 24.3 Å². The highest BCUT2D eigenvalue weighted by molar-refractivity contribution is 6.76. The van der Waals surface area contributed by atoms with Crippen LogP contribution in [0.15, 0.2) is 42.6 Å². The summed E-state index contributed by atoms with van der Waals surface area (Å²) in [5, 5.41) is 14.6. The summed E-state index contributed by atoms with van der Waals surface area (Å²) in [6.07, 6.45) is 13.3. The average molecular weight is 435 g/mol. The highest BCUT2D eigenvalue weighted by Crippen LogP contribution is 2.33. The van der Waals surface area contributed by atoms with Gasteiger partial charge in [-0.2, -0.15) is 10.4 Å². The van der Waals surface area contributed by atoms with Gasteiger partial charge in [-0.1, -0.05) is 25.2 Å². The van der Waals surface area contributed by atoms with E-state index in [1.807, 2.05) is 21.6 Å². The molecular formula is C23H30N6OSi. The normalized spacial score (nSPS) is 18.5. The largest absolute Gasteiger partial charge is 0.361 e. The molecule has 0 spiro atoms. The lowest BCUT2D eigenvalue weighted by molar-refractivity contribution is 0.0899. The van der Waals surface area contributed by atoms with Crippen LogP contribution in [0.1, 0.15) is 31.7 Å². The Labute approximate surface area is 184 Å². The summed E-state index contributed by atoms with van der Waals surface area (Å²) in [4.78, 5) is 9.05. The van der Waals surface area contributed by atoms with Crippen LogP contribution in [0.2, 0.25) is 25.7 Å². The molecular weight excluding hydrogens is 404 g/mol. The van der Waals surface area contributed by atoms with Crippen LogP contribution in [0.4, 0.5) is 0 Å². The van der Waals surface area contributed by atoms with Crippen molar-refractivity contribution >= 4 is 19.1 Å². The van der Waals surface area contributed by atoms with E-state index in [0.29, 0.717) is 12.8 Å². The number of hydrogen-bond acceptors (Lipinski definition) is 5. The first-order chi connectivity index (χ1) is 14.9. The van der Waals surface area contributed by atoms with Crippen LogP contribution in [-0.4, -0.2) is 39.0 Å². The highest BCUT2D eigenvalue weighted by atomic mass is 28.3. The summed E-state index contributed by atoms with van der Waals surface area (Å²) in [6, 6.07) is 5.67. The van der Waals surface area contributed by atoms with Crippen molar-refractivity contribution in [3.63, 3.8) is 0 Å². The van der Waals surface area contributed by atoms with E-state index in [1.54, 1.807) is 12.4 Å². The van der Waals surface area contributed by atoms with E-state index in [2.05, 4.69) is 53.0 Å². The molecule has 1 aliphatic carbocycles. The fourth-order valence-electron chi connectivity index (χ4n) is 4.06. The van der Waals surface area contributed by atoms with Gasteiger partial charge in [0.1, 0.15) is 18.7 Å². The summed E-state index contributed by atoms with van der Waals surface area (Å²) in [7, 11) is -1.10. The molecule has 0 aromatic carbocycles. The van der Waals surface area contributed by atoms with Gasteiger partial charge in [0.05, 0.1) is 24.0 Å². The second kappa shape index (κ2) is 9.16. The molecule has 3 aromatic heterocycles. The Morgan fingerprint density at radius 1 is 1.32 bits per heavy atom. The molecule has 0 N–H and O–H groups in total. The number of hydrogen-bond donors (Lipinski definition) is 0. The molecule has 7 nitrogen and oxygen atoms in total. The SMILES string of the molecule is C[Si](C)(C)CCOCn1ccc2c(-c3cnn(C4CCCC(=CC#N)C4)c3)ncnc21. The minimum atomic E-state index is -1.10. The summed E-state index contributed by atoms with van der Waals surface area (Å²) >= 11 is 0. The van der Waals surface area contributed by atoms with Crippen LogP contribution >= 0.6 is 0 Å². The van der Waals surface area contributed by atoms with Gasteiger partial charge >= 0.3 is 0 Å². The predicted molar refractivity (Wildman–Crippen MR) is 124 cm³/mol. The zero-order chi connectivity index (χ0) is 21.8. The molecule has 0 saturated heterocycles. The van der Waals surface area contributed by atoms with Gasteiger partial charge in [-0.05, 0) is 37.8 Å². The monoisotopic (exact) mass is 434 g/mol. The molecule has 4 rings (SSSR count). The smallest absolute Gasteiger partial charge is 0.145 e. The predicted octanol–water partition coefficient (Wildman–Crippen LogP) is 5.17. The maximum absolute atomic E-state index is 8.96. The van der Waals surface area contributed by atoms with Crippen molar-refractivity contribution in [2.45, 2.75) is 64.1 Å². The highest BCUT2D eigenvalue weighted by Gasteiger charge is 2.20. The van der Waals surface area contributed by atoms with Crippen molar-refractivity contribution in [2.75, 3.05) is 6.61 Å².